The van der Waals surface area contributed by atoms with Gasteiger partial charge in [0.1, 0.15) is 5.82 Å². The van der Waals surface area contributed by atoms with Gasteiger partial charge in [-0.15, -0.1) is 0 Å². The second kappa shape index (κ2) is 6.22. The molecule has 0 spiro atoms. The first kappa shape index (κ1) is 14.8. The molecule has 2 atom stereocenters. The van der Waals surface area contributed by atoms with E-state index in [1.54, 1.807) is 6.07 Å². The molecule has 5 nitrogen and oxygen atoms in total. The SMILES string of the molecule is CC(C)c1cc(C(=O)NC2CCCC2C)cc(NN)n1. The van der Waals surface area contributed by atoms with Crippen molar-refractivity contribution >= 4 is 11.7 Å². The molecule has 2 rings (SSSR count). The molecule has 20 heavy (non-hydrogen) atoms. The topological polar surface area (TPSA) is 80.0 Å². The fourth-order valence-corrected chi connectivity index (χ4v) is 2.66. The minimum atomic E-state index is -0.0375. The Hall–Kier alpha value is -1.62. The second-order valence-electron chi connectivity index (χ2n) is 5.95. The third kappa shape index (κ3) is 3.28. The van der Waals surface area contributed by atoms with Crippen LogP contribution in [-0.4, -0.2) is 16.9 Å². The molecule has 110 valence electrons. The van der Waals surface area contributed by atoms with Crippen molar-refractivity contribution in [1.82, 2.24) is 10.3 Å². The van der Waals surface area contributed by atoms with E-state index in [0.29, 0.717) is 17.3 Å². The number of nitrogens with zero attached hydrogens (tertiary/aromatic N) is 1. The van der Waals surface area contributed by atoms with Gasteiger partial charge in [-0.2, -0.15) is 0 Å². The van der Waals surface area contributed by atoms with Crippen LogP contribution in [-0.2, 0) is 0 Å². The van der Waals surface area contributed by atoms with Crippen LogP contribution < -0.4 is 16.6 Å². The number of hydrazine groups is 1. The maximum Gasteiger partial charge on any atom is 0.251 e. The Morgan fingerprint density at radius 1 is 1.40 bits per heavy atom. The smallest absolute Gasteiger partial charge is 0.251 e. The van der Waals surface area contributed by atoms with Crippen molar-refractivity contribution in [3.8, 4) is 0 Å². The first-order chi connectivity index (χ1) is 9.51. The number of hydrogen-bond donors (Lipinski definition) is 3. The average molecular weight is 276 g/mol. The first-order valence-electron chi connectivity index (χ1n) is 7.30. The largest absolute Gasteiger partial charge is 0.349 e. The highest BCUT2D eigenvalue weighted by Gasteiger charge is 2.25. The Bertz CT molecular complexity index is 487. The van der Waals surface area contributed by atoms with E-state index in [1.165, 1.54) is 12.8 Å². The molecule has 5 heteroatoms. The van der Waals surface area contributed by atoms with Crippen molar-refractivity contribution in [2.75, 3.05) is 5.43 Å². The summed E-state index contributed by atoms with van der Waals surface area (Å²) in [7, 11) is 0. The maximum atomic E-state index is 12.4. The minimum Gasteiger partial charge on any atom is -0.349 e. The predicted molar refractivity (Wildman–Crippen MR) is 80.4 cm³/mol. The molecule has 1 aliphatic carbocycles. The summed E-state index contributed by atoms with van der Waals surface area (Å²) in [6.45, 7) is 6.28. The van der Waals surface area contributed by atoms with Gasteiger partial charge in [0.2, 0.25) is 0 Å². The summed E-state index contributed by atoms with van der Waals surface area (Å²) in [5, 5.41) is 3.13. The molecular weight excluding hydrogens is 252 g/mol. The molecule has 0 aliphatic heterocycles. The monoisotopic (exact) mass is 276 g/mol. The third-order valence-corrected chi connectivity index (χ3v) is 4.02. The summed E-state index contributed by atoms with van der Waals surface area (Å²) in [6, 6.07) is 3.83. The van der Waals surface area contributed by atoms with Gasteiger partial charge in [0, 0.05) is 17.3 Å². The van der Waals surface area contributed by atoms with E-state index < -0.39 is 0 Å². The van der Waals surface area contributed by atoms with Crippen molar-refractivity contribution in [3.63, 3.8) is 0 Å². The Morgan fingerprint density at radius 3 is 2.70 bits per heavy atom. The van der Waals surface area contributed by atoms with Gasteiger partial charge >= 0.3 is 0 Å². The van der Waals surface area contributed by atoms with Crippen LogP contribution in [0.1, 0.15) is 62.0 Å². The standard InChI is InChI=1S/C15H24N4O/c1-9(2)13-7-11(8-14(17-13)19-16)15(20)18-12-6-4-5-10(12)3/h7-10,12H,4-6,16H2,1-3H3,(H,17,19)(H,18,20). The van der Waals surface area contributed by atoms with Crippen molar-refractivity contribution in [1.29, 1.82) is 0 Å². The molecule has 0 bridgehead atoms. The van der Waals surface area contributed by atoms with Crippen LogP contribution in [0.15, 0.2) is 12.1 Å². The number of hydrogen-bond acceptors (Lipinski definition) is 4. The fourth-order valence-electron chi connectivity index (χ4n) is 2.66. The van der Waals surface area contributed by atoms with E-state index in [2.05, 4.69) is 22.7 Å². The number of pyridine rings is 1. The summed E-state index contributed by atoms with van der Waals surface area (Å²) in [5.41, 5.74) is 4.02. The number of carbonyl (C=O) groups is 1. The van der Waals surface area contributed by atoms with Gasteiger partial charge in [0.15, 0.2) is 0 Å². The molecule has 1 saturated carbocycles. The van der Waals surface area contributed by atoms with Gasteiger partial charge in [-0.25, -0.2) is 10.8 Å². The van der Waals surface area contributed by atoms with Gasteiger partial charge in [-0.05, 0) is 36.8 Å². The number of aromatic nitrogens is 1. The lowest BCUT2D eigenvalue weighted by molar-refractivity contribution is 0.0929. The summed E-state index contributed by atoms with van der Waals surface area (Å²) in [5.74, 6) is 6.72. The molecule has 2 unspecified atom stereocenters. The molecular formula is C15H24N4O. The van der Waals surface area contributed by atoms with Crippen LogP contribution in [0.25, 0.3) is 0 Å². The second-order valence-corrected chi connectivity index (χ2v) is 5.95. The van der Waals surface area contributed by atoms with E-state index in [0.717, 1.165) is 12.1 Å². The fraction of sp³-hybridized carbons (Fsp3) is 0.600. The van der Waals surface area contributed by atoms with Gasteiger partial charge in [-0.1, -0.05) is 27.2 Å². The van der Waals surface area contributed by atoms with Crippen LogP contribution in [0.2, 0.25) is 0 Å². The van der Waals surface area contributed by atoms with E-state index in [4.69, 9.17) is 5.84 Å². The molecule has 1 heterocycles. The quantitative estimate of drug-likeness (QED) is 0.583. The molecule has 0 aromatic carbocycles. The van der Waals surface area contributed by atoms with E-state index in [1.807, 2.05) is 19.9 Å². The van der Waals surface area contributed by atoms with Crippen molar-refractivity contribution in [2.45, 2.75) is 52.0 Å². The van der Waals surface area contributed by atoms with Crippen LogP contribution in [0.5, 0.6) is 0 Å². The number of anilines is 1. The number of nitrogens with one attached hydrogen (secondary N) is 2. The third-order valence-electron chi connectivity index (χ3n) is 4.02. The highest BCUT2D eigenvalue weighted by atomic mass is 16.1. The summed E-state index contributed by atoms with van der Waals surface area (Å²) >= 11 is 0. The van der Waals surface area contributed by atoms with Crippen molar-refractivity contribution < 1.29 is 4.79 Å². The molecule has 1 amide bonds. The highest BCUT2D eigenvalue weighted by Crippen LogP contribution is 2.25. The normalized spacial score (nSPS) is 22.1. The molecule has 0 radical (unpaired) electrons. The Kier molecular flexibility index (Phi) is 4.60. The lowest BCUT2D eigenvalue weighted by atomic mass is 10.0. The molecule has 4 N–H and O–H groups in total. The lowest BCUT2D eigenvalue weighted by Gasteiger charge is -2.18. The number of amides is 1. The number of rotatable bonds is 4. The Balaban J connectivity index is 2.18. The van der Waals surface area contributed by atoms with Crippen LogP contribution in [0.4, 0.5) is 5.82 Å². The van der Waals surface area contributed by atoms with Crippen LogP contribution in [0.3, 0.4) is 0 Å². The van der Waals surface area contributed by atoms with Crippen LogP contribution >= 0.6 is 0 Å². The van der Waals surface area contributed by atoms with Gasteiger partial charge in [0.05, 0.1) is 0 Å². The Morgan fingerprint density at radius 2 is 2.15 bits per heavy atom. The summed E-state index contributed by atoms with van der Waals surface area (Å²) < 4.78 is 0. The first-order valence-corrected chi connectivity index (χ1v) is 7.30. The average Bonchev–Trinajstić information content (AvgIpc) is 2.83. The maximum absolute atomic E-state index is 12.4. The number of nitrogens with two attached hydrogens (primary N) is 1. The zero-order valence-corrected chi connectivity index (χ0v) is 12.4. The van der Waals surface area contributed by atoms with Gasteiger partial charge in [-0.3, -0.25) is 4.79 Å². The molecule has 1 aromatic rings. The van der Waals surface area contributed by atoms with Gasteiger partial charge < -0.3 is 10.7 Å². The number of nitrogen functional groups attached to an aromatic ring is 1. The van der Waals surface area contributed by atoms with Crippen molar-refractivity contribution in [2.24, 2.45) is 11.8 Å². The van der Waals surface area contributed by atoms with E-state index in [9.17, 15) is 4.79 Å². The van der Waals surface area contributed by atoms with Crippen molar-refractivity contribution in [3.05, 3.63) is 23.4 Å². The molecule has 0 saturated heterocycles. The predicted octanol–water partition coefficient (Wildman–Crippen LogP) is 2.41. The summed E-state index contributed by atoms with van der Waals surface area (Å²) in [4.78, 5) is 16.7. The number of carbonyl (C=O) groups excluding carboxylic acids is 1. The van der Waals surface area contributed by atoms with Gasteiger partial charge in [0.25, 0.3) is 5.91 Å². The zero-order chi connectivity index (χ0) is 14.7. The van der Waals surface area contributed by atoms with Crippen LogP contribution in [0, 0.1) is 5.92 Å². The van der Waals surface area contributed by atoms with E-state index >= 15 is 0 Å². The highest BCUT2D eigenvalue weighted by molar-refractivity contribution is 5.95. The molecule has 1 aromatic heterocycles. The Labute approximate surface area is 120 Å². The van der Waals surface area contributed by atoms with E-state index in [-0.39, 0.29) is 17.9 Å². The molecule has 1 aliphatic rings. The zero-order valence-electron chi connectivity index (χ0n) is 12.4. The molecule has 1 fully saturated rings. The lowest BCUT2D eigenvalue weighted by Crippen LogP contribution is -2.36. The minimum absolute atomic E-state index is 0.0375. The summed E-state index contributed by atoms with van der Waals surface area (Å²) in [6.07, 6.45) is 3.44.